The minimum atomic E-state index is -0.473. The third kappa shape index (κ3) is 6.28. The quantitative estimate of drug-likeness (QED) is 0.655. The van der Waals surface area contributed by atoms with Crippen LogP contribution in [0.15, 0.2) is 23.5 Å². The lowest BCUT2D eigenvalue weighted by molar-refractivity contribution is 0.0186. The first kappa shape index (κ1) is 19.1. The van der Waals surface area contributed by atoms with E-state index < -0.39 is 5.60 Å². The second-order valence-electron chi connectivity index (χ2n) is 7.49. The third-order valence-electron chi connectivity index (χ3n) is 3.88. The maximum Gasteiger partial charge on any atom is 0.410 e. The molecule has 8 heteroatoms. The summed E-state index contributed by atoms with van der Waals surface area (Å²) in [6.07, 6.45) is 3.45. The Labute approximate surface area is 149 Å². The van der Waals surface area contributed by atoms with Gasteiger partial charge in [0.25, 0.3) is 0 Å². The van der Waals surface area contributed by atoms with Crippen molar-refractivity contribution in [3.63, 3.8) is 0 Å². The summed E-state index contributed by atoms with van der Waals surface area (Å²) in [7, 11) is 0. The average Bonchev–Trinajstić information content (AvgIpc) is 3.04. The Morgan fingerprint density at radius 2 is 1.92 bits per heavy atom. The van der Waals surface area contributed by atoms with Gasteiger partial charge in [-0.3, -0.25) is 9.67 Å². The van der Waals surface area contributed by atoms with E-state index in [9.17, 15) is 4.79 Å². The summed E-state index contributed by atoms with van der Waals surface area (Å²) in [5.74, 6) is 0.887. The maximum absolute atomic E-state index is 12.1. The first-order chi connectivity index (χ1) is 11.7. The van der Waals surface area contributed by atoms with E-state index in [1.165, 1.54) is 0 Å². The fraction of sp³-hybridized carbons (Fsp3) is 0.706. The predicted molar refractivity (Wildman–Crippen MR) is 97.3 cm³/mol. The largest absolute Gasteiger partial charge is 0.444 e. The molecule has 0 bridgehead atoms. The van der Waals surface area contributed by atoms with Crippen molar-refractivity contribution in [2.45, 2.75) is 39.8 Å². The van der Waals surface area contributed by atoms with E-state index in [0.29, 0.717) is 44.6 Å². The number of piperazine rings is 1. The molecule has 1 fully saturated rings. The zero-order valence-electron chi connectivity index (χ0n) is 15.7. The Hall–Kier alpha value is -2.25. The van der Waals surface area contributed by atoms with Crippen molar-refractivity contribution in [1.82, 2.24) is 19.6 Å². The van der Waals surface area contributed by atoms with Gasteiger partial charge in [-0.1, -0.05) is 6.92 Å². The van der Waals surface area contributed by atoms with Crippen LogP contribution in [-0.4, -0.2) is 70.0 Å². The third-order valence-corrected chi connectivity index (χ3v) is 3.88. The van der Waals surface area contributed by atoms with Crippen molar-refractivity contribution < 1.29 is 9.53 Å². The predicted octanol–water partition coefficient (Wildman–Crippen LogP) is 1.39. The Kier molecular flexibility index (Phi) is 6.27. The van der Waals surface area contributed by atoms with Gasteiger partial charge in [0.05, 0.1) is 0 Å². The molecule has 140 valence electrons. The summed E-state index contributed by atoms with van der Waals surface area (Å²) in [5, 5.41) is 4.20. The van der Waals surface area contributed by atoms with Crippen LogP contribution in [0, 0.1) is 5.92 Å². The number of aliphatic imine (C=N–C) groups is 1. The van der Waals surface area contributed by atoms with Crippen molar-refractivity contribution in [3.8, 4) is 0 Å². The van der Waals surface area contributed by atoms with Crippen molar-refractivity contribution in [3.05, 3.63) is 18.5 Å². The van der Waals surface area contributed by atoms with Gasteiger partial charge in [-0.25, -0.2) is 4.79 Å². The van der Waals surface area contributed by atoms with Crippen LogP contribution in [-0.2, 0) is 11.3 Å². The molecule has 2 heterocycles. The van der Waals surface area contributed by atoms with Gasteiger partial charge in [-0.15, -0.1) is 0 Å². The van der Waals surface area contributed by atoms with Gasteiger partial charge in [0.1, 0.15) is 5.60 Å². The molecule has 1 unspecified atom stereocenters. The molecule has 1 amide bonds. The van der Waals surface area contributed by atoms with Crippen molar-refractivity contribution in [2.24, 2.45) is 16.6 Å². The highest BCUT2D eigenvalue weighted by Gasteiger charge is 2.26. The van der Waals surface area contributed by atoms with Crippen LogP contribution in [0.1, 0.15) is 27.7 Å². The van der Waals surface area contributed by atoms with E-state index in [2.05, 4.69) is 17.0 Å². The Bertz CT molecular complexity index is 570. The lowest BCUT2D eigenvalue weighted by Gasteiger charge is -2.36. The van der Waals surface area contributed by atoms with Crippen molar-refractivity contribution in [2.75, 3.05) is 32.7 Å². The molecule has 2 rings (SSSR count). The fourth-order valence-electron chi connectivity index (χ4n) is 2.58. The first-order valence-corrected chi connectivity index (χ1v) is 8.75. The molecular weight excluding hydrogens is 320 g/mol. The highest BCUT2D eigenvalue weighted by molar-refractivity contribution is 5.78. The molecule has 1 aromatic heterocycles. The first-order valence-electron chi connectivity index (χ1n) is 8.75. The van der Waals surface area contributed by atoms with Gasteiger partial charge in [0.2, 0.25) is 0 Å². The van der Waals surface area contributed by atoms with Crippen LogP contribution >= 0.6 is 0 Å². The Morgan fingerprint density at radius 1 is 1.28 bits per heavy atom. The monoisotopic (exact) mass is 350 g/mol. The molecule has 1 aliphatic heterocycles. The molecule has 1 aromatic rings. The molecule has 0 saturated carbocycles. The molecule has 1 atom stereocenters. The number of guanidine groups is 1. The maximum atomic E-state index is 12.1. The number of rotatable bonds is 4. The fourth-order valence-corrected chi connectivity index (χ4v) is 2.58. The lowest BCUT2D eigenvalue weighted by atomic mass is 10.2. The molecular formula is C17H30N6O2. The van der Waals surface area contributed by atoms with E-state index in [0.717, 1.165) is 6.54 Å². The summed E-state index contributed by atoms with van der Waals surface area (Å²) in [6, 6.07) is 1.91. The molecule has 25 heavy (non-hydrogen) atoms. The number of nitrogens with zero attached hydrogens (tertiary/aromatic N) is 5. The highest BCUT2D eigenvalue weighted by Crippen LogP contribution is 2.12. The zero-order chi connectivity index (χ0) is 18.4. The molecule has 0 aliphatic carbocycles. The number of hydrogen-bond acceptors (Lipinski definition) is 4. The highest BCUT2D eigenvalue weighted by atomic mass is 16.6. The minimum Gasteiger partial charge on any atom is -0.444 e. The molecule has 1 saturated heterocycles. The number of nitrogens with two attached hydrogens (primary N) is 1. The molecule has 1 aliphatic rings. The molecule has 8 nitrogen and oxygen atoms in total. The van der Waals surface area contributed by atoms with Gasteiger partial charge in [0.15, 0.2) is 5.96 Å². The summed E-state index contributed by atoms with van der Waals surface area (Å²) in [5.41, 5.74) is 5.64. The van der Waals surface area contributed by atoms with Crippen LogP contribution in [0.25, 0.3) is 0 Å². The van der Waals surface area contributed by atoms with Gasteiger partial charge in [-0.05, 0) is 32.8 Å². The summed E-state index contributed by atoms with van der Waals surface area (Å²) in [4.78, 5) is 20.3. The Balaban J connectivity index is 1.76. The summed E-state index contributed by atoms with van der Waals surface area (Å²) in [6.45, 7) is 11.7. The smallest absolute Gasteiger partial charge is 0.410 e. The minimum absolute atomic E-state index is 0.268. The van der Waals surface area contributed by atoms with E-state index in [1.54, 1.807) is 11.1 Å². The van der Waals surface area contributed by atoms with Gasteiger partial charge in [-0.2, -0.15) is 5.10 Å². The van der Waals surface area contributed by atoms with Crippen LogP contribution in [0.4, 0.5) is 4.79 Å². The van der Waals surface area contributed by atoms with Crippen LogP contribution in [0.2, 0.25) is 0 Å². The standard InChI is InChI=1S/C17H30N6O2/c1-14(13-23-7-5-6-20-23)12-19-15(18)21-8-10-22(11-9-21)16(24)25-17(2,3)4/h5-7,14H,8-13H2,1-4H3,(H2,18,19). The van der Waals surface area contributed by atoms with Crippen molar-refractivity contribution >= 4 is 12.1 Å². The van der Waals surface area contributed by atoms with Gasteiger partial charge < -0.3 is 20.3 Å². The van der Waals surface area contributed by atoms with Crippen molar-refractivity contribution in [1.29, 1.82) is 0 Å². The zero-order valence-corrected chi connectivity index (χ0v) is 15.7. The normalized spacial score (nSPS) is 17.5. The average molecular weight is 350 g/mol. The molecule has 0 spiro atoms. The van der Waals surface area contributed by atoms with Crippen LogP contribution in [0.5, 0.6) is 0 Å². The van der Waals surface area contributed by atoms with E-state index in [1.807, 2.05) is 42.6 Å². The number of ether oxygens (including phenoxy) is 1. The molecule has 2 N–H and O–H groups in total. The molecule has 0 radical (unpaired) electrons. The summed E-state index contributed by atoms with van der Waals surface area (Å²) < 4.78 is 7.30. The van der Waals surface area contributed by atoms with E-state index >= 15 is 0 Å². The molecule has 0 aromatic carbocycles. The van der Waals surface area contributed by atoms with Gasteiger partial charge >= 0.3 is 6.09 Å². The topological polar surface area (TPSA) is 89.0 Å². The number of amides is 1. The number of hydrogen-bond donors (Lipinski definition) is 1. The lowest BCUT2D eigenvalue weighted by Crippen LogP contribution is -2.53. The second kappa shape index (κ2) is 8.22. The number of aromatic nitrogens is 2. The number of carbonyl (C=O) groups excluding carboxylic acids is 1. The number of carbonyl (C=O) groups is 1. The van der Waals surface area contributed by atoms with E-state index in [-0.39, 0.29) is 6.09 Å². The van der Waals surface area contributed by atoms with Crippen LogP contribution < -0.4 is 5.73 Å². The SMILES string of the molecule is CC(CN=C(N)N1CCN(C(=O)OC(C)(C)C)CC1)Cn1cccn1. The van der Waals surface area contributed by atoms with Gasteiger partial charge in [0, 0.05) is 51.7 Å². The van der Waals surface area contributed by atoms with E-state index in [4.69, 9.17) is 10.5 Å². The second-order valence-corrected chi connectivity index (χ2v) is 7.49. The van der Waals surface area contributed by atoms with Crippen LogP contribution in [0.3, 0.4) is 0 Å². The summed E-state index contributed by atoms with van der Waals surface area (Å²) >= 11 is 0. The Morgan fingerprint density at radius 3 is 2.48 bits per heavy atom.